The third-order valence-electron chi connectivity index (χ3n) is 2.80. The van der Waals surface area contributed by atoms with Crippen molar-refractivity contribution in [1.29, 1.82) is 0 Å². The molecular weight excluding hydrogens is 299 g/mol. The van der Waals surface area contributed by atoms with E-state index in [1.54, 1.807) is 6.07 Å². The van der Waals surface area contributed by atoms with E-state index in [4.69, 9.17) is 28.9 Å². The molecule has 0 spiro atoms. The fourth-order valence-electron chi connectivity index (χ4n) is 1.60. The Bertz CT molecular complexity index is 629. The smallest absolute Gasteiger partial charge is 0.256 e. The highest BCUT2D eigenvalue weighted by molar-refractivity contribution is 6.39. The van der Waals surface area contributed by atoms with Gasteiger partial charge in [0, 0.05) is 17.3 Å². The molecule has 0 bridgehead atoms. The van der Waals surface area contributed by atoms with Crippen LogP contribution in [0.4, 0.5) is 11.5 Å². The number of aromatic nitrogens is 2. The number of nitrogens with two attached hydrogens (primary N) is 1. The Hall–Kier alpha value is -1.72. The van der Waals surface area contributed by atoms with Gasteiger partial charge in [-0.1, -0.05) is 37.0 Å². The van der Waals surface area contributed by atoms with Gasteiger partial charge >= 0.3 is 0 Å². The number of rotatable bonds is 3. The number of amides is 1. The Kier molecular flexibility index (Phi) is 4.20. The molecule has 0 aliphatic rings. The predicted octanol–water partition coefficient (Wildman–Crippen LogP) is 3.67. The molecule has 1 amide bonds. The molecule has 1 aromatic carbocycles. The van der Waals surface area contributed by atoms with Crippen molar-refractivity contribution >= 4 is 40.6 Å². The van der Waals surface area contributed by atoms with Crippen LogP contribution in [0.25, 0.3) is 0 Å². The van der Waals surface area contributed by atoms with E-state index in [1.807, 2.05) is 13.8 Å². The van der Waals surface area contributed by atoms with Gasteiger partial charge in [0.1, 0.15) is 0 Å². The summed E-state index contributed by atoms with van der Waals surface area (Å²) < 4.78 is 0. The summed E-state index contributed by atoms with van der Waals surface area (Å²) in [6.45, 7) is 4.05. The van der Waals surface area contributed by atoms with Gasteiger partial charge in [-0.05, 0) is 18.1 Å². The Morgan fingerprint density at radius 2 is 1.90 bits per heavy atom. The van der Waals surface area contributed by atoms with Gasteiger partial charge in [-0.3, -0.25) is 9.89 Å². The second-order valence-corrected chi connectivity index (χ2v) is 5.49. The van der Waals surface area contributed by atoms with Crippen molar-refractivity contribution in [3.05, 3.63) is 39.5 Å². The number of benzene rings is 1. The van der Waals surface area contributed by atoms with Crippen LogP contribution in [0.2, 0.25) is 10.0 Å². The number of hydrogen-bond donors (Lipinski definition) is 3. The number of aromatic amines is 1. The van der Waals surface area contributed by atoms with E-state index in [-0.39, 0.29) is 21.6 Å². The summed E-state index contributed by atoms with van der Waals surface area (Å²) in [7, 11) is 0. The number of nitrogens with zero attached hydrogens (tertiary/aromatic N) is 1. The monoisotopic (exact) mass is 312 g/mol. The molecule has 0 aliphatic heterocycles. The third kappa shape index (κ3) is 3.05. The molecule has 0 aliphatic carbocycles. The van der Waals surface area contributed by atoms with Crippen molar-refractivity contribution in [2.24, 2.45) is 0 Å². The zero-order valence-electron chi connectivity index (χ0n) is 11.0. The topological polar surface area (TPSA) is 83.8 Å². The first-order chi connectivity index (χ1) is 9.38. The molecule has 7 heteroatoms. The van der Waals surface area contributed by atoms with Crippen molar-refractivity contribution in [2.75, 3.05) is 11.1 Å². The highest BCUT2D eigenvalue weighted by Gasteiger charge is 2.13. The molecule has 0 radical (unpaired) electrons. The van der Waals surface area contributed by atoms with Gasteiger partial charge in [-0.25, -0.2) is 0 Å². The highest BCUT2D eigenvalue weighted by atomic mass is 35.5. The molecule has 0 fully saturated rings. The average molecular weight is 313 g/mol. The lowest BCUT2D eigenvalue weighted by molar-refractivity contribution is 0.102. The van der Waals surface area contributed by atoms with Gasteiger partial charge < -0.3 is 11.1 Å². The quantitative estimate of drug-likeness (QED) is 0.756. The number of hydrogen-bond acceptors (Lipinski definition) is 3. The SMILES string of the molecule is CC(C)c1cc(NC(=O)c2cc(Cl)c(N)c(Cl)c2)n[nH]1. The standard InChI is InChI=1S/C13H14Cl2N4O/c1-6(2)10-5-11(19-18-10)17-13(20)7-3-8(14)12(16)9(15)4-7/h3-6H,16H2,1-2H3,(H2,17,18,19,20). The minimum Gasteiger partial charge on any atom is -0.396 e. The van der Waals surface area contributed by atoms with Crippen LogP contribution in [0.15, 0.2) is 18.2 Å². The van der Waals surface area contributed by atoms with Gasteiger partial charge in [0.25, 0.3) is 5.91 Å². The third-order valence-corrected chi connectivity index (χ3v) is 3.43. The van der Waals surface area contributed by atoms with Crippen molar-refractivity contribution < 1.29 is 4.79 Å². The van der Waals surface area contributed by atoms with Crippen LogP contribution >= 0.6 is 23.2 Å². The van der Waals surface area contributed by atoms with Crippen molar-refractivity contribution in [3.63, 3.8) is 0 Å². The lowest BCUT2D eigenvalue weighted by Gasteiger charge is -2.06. The Morgan fingerprint density at radius 3 is 2.40 bits per heavy atom. The van der Waals surface area contributed by atoms with Crippen LogP contribution in [0.3, 0.4) is 0 Å². The first-order valence-electron chi connectivity index (χ1n) is 5.99. The fourth-order valence-corrected chi connectivity index (χ4v) is 2.09. The van der Waals surface area contributed by atoms with Gasteiger partial charge in [0.2, 0.25) is 0 Å². The second-order valence-electron chi connectivity index (χ2n) is 4.67. The van der Waals surface area contributed by atoms with Crippen LogP contribution in [-0.4, -0.2) is 16.1 Å². The molecular formula is C13H14Cl2N4O. The number of nitrogen functional groups attached to an aromatic ring is 1. The van der Waals surface area contributed by atoms with Crippen LogP contribution in [0.1, 0.15) is 35.8 Å². The number of halogens is 2. The first-order valence-corrected chi connectivity index (χ1v) is 6.75. The number of nitrogens with one attached hydrogen (secondary N) is 2. The predicted molar refractivity (Wildman–Crippen MR) is 81.5 cm³/mol. The zero-order chi connectivity index (χ0) is 14.9. The van der Waals surface area contributed by atoms with Gasteiger partial charge in [0.05, 0.1) is 15.7 Å². The lowest BCUT2D eigenvalue weighted by Crippen LogP contribution is -2.12. The number of carbonyl (C=O) groups is 1. The minimum atomic E-state index is -0.351. The van der Waals surface area contributed by atoms with Crippen LogP contribution in [-0.2, 0) is 0 Å². The normalized spacial score (nSPS) is 10.8. The van der Waals surface area contributed by atoms with E-state index in [2.05, 4.69) is 15.5 Å². The maximum Gasteiger partial charge on any atom is 0.256 e. The lowest BCUT2D eigenvalue weighted by atomic mass is 10.1. The largest absolute Gasteiger partial charge is 0.396 e. The summed E-state index contributed by atoms with van der Waals surface area (Å²) in [5, 5.41) is 10.0. The molecule has 5 nitrogen and oxygen atoms in total. The summed E-state index contributed by atoms with van der Waals surface area (Å²) in [4.78, 5) is 12.1. The molecule has 1 aromatic heterocycles. The van der Waals surface area contributed by atoms with Crippen LogP contribution < -0.4 is 11.1 Å². The summed E-state index contributed by atoms with van der Waals surface area (Å²) in [5.74, 6) is 0.395. The summed E-state index contributed by atoms with van der Waals surface area (Å²) in [5.41, 5.74) is 7.14. The molecule has 0 unspecified atom stereocenters. The zero-order valence-corrected chi connectivity index (χ0v) is 12.5. The molecule has 2 rings (SSSR count). The van der Waals surface area contributed by atoms with Crippen LogP contribution in [0, 0.1) is 0 Å². The molecule has 0 atom stereocenters. The Labute approximate surface area is 126 Å². The summed E-state index contributed by atoms with van der Waals surface area (Å²) >= 11 is 11.8. The molecule has 0 saturated carbocycles. The average Bonchev–Trinajstić information content (AvgIpc) is 2.84. The molecule has 20 heavy (non-hydrogen) atoms. The van der Waals surface area contributed by atoms with Gasteiger partial charge in [-0.2, -0.15) is 5.10 Å². The van der Waals surface area contributed by atoms with E-state index in [9.17, 15) is 4.79 Å². The van der Waals surface area contributed by atoms with E-state index in [0.717, 1.165) is 5.69 Å². The Balaban J connectivity index is 2.19. The van der Waals surface area contributed by atoms with Crippen molar-refractivity contribution in [2.45, 2.75) is 19.8 Å². The van der Waals surface area contributed by atoms with E-state index >= 15 is 0 Å². The summed E-state index contributed by atoms with van der Waals surface area (Å²) in [6.07, 6.45) is 0. The van der Waals surface area contributed by atoms with Gasteiger partial charge in [0.15, 0.2) is 5.82 Å². The maximum atomic E-state index is 12.1. The van der Waals surface area contributed by atoms with Crippen molar-refractivity contribution in [3.8, 4) is 0 Å². The molecule has 0 saturated heterocycles. The Morgan fingerprint density at radius 1 is 1.30 bits per heavy atom. The fraction of sp³-hybridized carbons (Fsp3) is 0.231. The molecule has 1 heterocycles. The van der Waals surface area contributed by atoms with E-state index in [1.165, 1.54) is 12.1 Å². The first kappa shape index (κ1) is 14.7. The molecule has 106 valence electrons. The van der Waals surface area contributed by atoms with Crippen molar-refractivity contribution in [1.82, 2.24) is 10.2 Å². The van der Waals surface area contributed by atoms with Gasteiger partial charge in [-0.15, -0.1) is 0 Å². The number of H-pyrrole nitrogens is 1. The summed E-state index contributed by atoms with van der Waals surface area (Å²) in [6, 6.07) is 4.71. The number of anilines is 2. The minimum absolute atomic E-state index is 0.243. The van der Waals surface area contributed by atoms with E-state index < -0.39 is 0 Å². The van der Waals surface area contributed by atoms with Crippen LogP contribution in [0.5, 0.6) is 0 Å². The molecule has 2 aromatic rings. The maximum absolute atomic E-state index is 12.1. The second kappa shape index (κ2) is 5.73. The van der Waals surface area contributed by atoms with E-state index in [0.29, 0.717) is 17.3 Å². The number of carbonyl (C=O) groups excluding carboxylic acids is 1. The highest BCUT2D eigenvalue weighted by Crippen LogP contribution is 2.29. The molecule has 4 N–H and O–H groups in total.